The molecule has 112 valence electrons. The molecule has 1 N–H and O–H groups in total. The summed E-state index contributed by atoms with van der Waals surface area (Å²) in [6.45, 7) is 3.67. The Hall–Kier alpha value is -1.43. The highest BCUT2D eigenvalue weighted by molar-refractivity contribution is 6.18. The molecule has 1 aromatic rings. The van der Waals surface area contributed by atoms with Gasteiger partial charge in [-0.05, 0) is 37.6 Å². The number of ether oxygens (including phenoxy) is 1. The van der Waals surface area contributed by atoms with E-state index in [-0.39, 0.29) is 17.2 Å². The molecule has 0 aliphatic heterocycles. The van der Waals surface area contributed by atoms with Gasteiger partial charge in [0, 0.05) is 11.4 Å². The van der Waals surface area contributed by atoms with Gasteiger partial charge in [-0.25, -0.2) is 0 Å². The van der Waals surface area contributed by atoms with Crippen LogP contribution in [0.25, 0.3) is 0 Å². The van der Waals surface area contributed by atoms with E-state index < -0.39 is 17.8 Å². The van der Waals surface area contributed by atoms with Gasteiger partial charge in [0.25, 0.3) is 5.91 Å². The Morgan fingerprint density at radius 2 is 1.85 bits per heavy atom. The van der Waals surface area contributed by atoms with Gasteiger partial charge in [-0.15, -0.1) is 24.8 Å². The SMILES string of the molecule is CCC(C)(CCl)NC(=O)c1ccc(OC(F)(F)F)cc1. The maximum absolute atomic E-state index is 12.0. The van der Waals surface area contributed by atoms with Crippen molar-refractivity contribution in [2.75, 3.05) is 5.88 Å². The van der Waals surface area contributed by atoms with Crippen LogP contribution in [0.2, 0.25) is 0 Å². The minimum absolute atomic E-state index is 0.240. The van der Waals surface area contributed by atoms with Gasteiger partial charge in [0.1, 0.15) is 5.75 Å². The third-order valence-corrected chi connectivity index (χ3v) is 3.43. The molecule has 1 amide bonds. The largest absolute Gasteiger partial charge is 0.573 e. The molecule has 0 saturated carbocycles. The first-order valence-electron chi connectivity index (χ1n) is 5.93. The molecule has 1 atom stereocenters. The molecule has 0 bridgehead atoms. The molecule has 0 aliphatic carbocycles. The van der Waals surface area contributed by atoms with Crippen LogP contribution in [0.3, 0.4) is 0 Å². The lowest BCUT2D eigenvalue weighted by Gasteiger charge is -2.27. The number of hydrogen-bond donors (Lipinski definition) is 1. The van der Waals surface area contributed by atoms with Gasteiger partial charge in [-0.3, -0.25) is 4.79 Å². The van der Waals surface area contributed by atoms with Crippen LogP contribution < -0.4 is 10.1 Å². The van der Waals surface area contributed by atoms with Crippen LogP contribution in [0, 0.1) is 0 Å². The van der Waals surface area contributed by atoms with E-state index in [1.807, 2.05) is 6.92 Å². The first-order valence-corrected chi connectivity index (χ1v) is 6.47. The number of nitrogens with one attached hydrogen (secondary N) is 1. The van der Waals surface area contributed by atoms with Crippen molar-refractivity contribution in [1.29, 1.82) is 0 Å². The third-order valence-electron chi connectivity index (χ3n) is 2.84. The molecule has 7 heteroatoms. The molecule has 0 heterocycles. The monoisotopic (exact) mass is 309 g/mol. The zero-order valence-electron chi connectivity index (χ0n) is 11.1. The molecule has 1 aromatic carbocycles. The Bertz CT molecular complexity index is 456. The minimum Gasteiger partial charge on any atom is -0.406 e. The topological polar surface area (TPSA) is 38.3 Å². The number of hydrogen-bond acceptors (Lipinski definition) is 2. The van der Waals surface area contributed by atoms with Crippen LogP contribution in [0.5, 0.6) is 5.75 Å². The summed E-state index contributed by atoms with van der Waals surface area (Å²) in [6.07, 6.45) is -4.11. The molecule has 1 rings (SSSR count). The van der Waals surface area contributed by atoms with Gasteiger partial charge in [-0.2, -0.15) is 0 Å². The maximum Gasteiger partial charge on any atom is 0.573 e. The summed E-state index contributed by atoms with van der Waals surface area (Å²) in [5.41, 5.74) is -0.316. The Balaban J connectivity index is 2.76. The molecule has 20 heavy (non-hydrogen) atoms. The zero-order chi connectivity index (χ0) is 15.4. The van der Waals surface area contributed by atoms with Gasteiger partial charge in [0.2, 0.25) is 0 Å². The third kappa shape index (κ3) is 4.92. The highest BCUT2D eigenvalue weighted by Gasteiger charge is 2.31. The molecule has 0 aliphatic rings. The molecule has 1 unspecified atom stereocenters. The Labute approximate surface area is 120 Å². The van der Waals surface area contributed by atoms with E-state index in [1.165, 1.54) is 12.1 Å². The number of benzene rings is 1. The van der Waals surface area contributed by atoms with Crippen LogP contribution in [0.1, 0.15) is 30.6 Å². The average molecular weight is 310 g/mol. The number of rotatable bonds is 5. The van der Waals surface area contributed by atoms with Crippen molar-refractivity contribution < 1.29 is 22.7 Å². The molecule has 0 saturated heterocycles. The van der Waals surface area contributed by atoms with Gasteiger partial charge >= 0.3 is 6.36 Å². The molecular formula is C13H15ClF3NO2. The lowest BCUT2D eigenvalue weighted by molar-refractivity contribution is -0.274. The lowest BCUT2D eigenvalue weighted by atomic mass is 10.0. The van der Waals surface area contributed by atoms with E-state index in [0.29, 0.717) is 6.42 Å². The van der Waals surface area contributed by atoms with E-state index >= 15 is 0 Å². The number of amides is 1. The molecule has 0 radical (unpaired) electrons. The summed E-state index contributed by atoms with van der Waals surface area (Å²) < 4.78 is 39.7. The average Bonchev–Trinajstić information content (AvgIpc) is 2.37. The Morgan fingerprint density at radius 3 is 2.25 bits per heavy atom. The maximum atomic E-state index is 12.0. The molecule has 3 nitrogen and oxygen atoms in total. The van der Waals surface area contributed by atoms with E-state index in [4.69, 9.17) is 11.6 Å². The van der Waals surface area contributed by atoms with Crippen LogP contribution in [-0.2, 0) is 0 Å². The summed E-state index contributed by atoms with van der Waals surface area (Å²) >= 11 is 5.78. The molecule has 0 aromatic heterocycles. The summed E-state index contributed by atoms with van der Waals surface area (Å²) in [6, 6.07) is 4.71. The van der Waals surface area contributed by atoms with Gasteiger partial charge in [0.15, 0.2) is 0 Å². The van der Waals surface area contributed by atoms with Gasteiger partial charge in [0.05, 0.1) is 5.54 Å². The fourth-order valence-corrected chi connectivity index (χ4v) is 1.63. The van der Waals surface area contributed by atoms with Crippen LogP contribution in [0.4, 0.5) is 13.2 Å². The fraction of sp³-hybridized carbons (Fsp3) is 0.462. The van der Waals surface area contributed by atoms with Crippen LogP contribution in [0.15, 0.2) is 24.3 Å². The molecular weight excluding hydrogens is 295 g/mol. The van der Waals surface area contributed by atoms with Gasteiger partial charge < -0.3 is 10.1 Å². The van der Waals surface area contributed by atoms with E-state index in [1.54, 1.807) is 6.92 Å². The van der Waals surface area contributed by atoms with Crippen molar-refractivity contribution in [2.45, 2.75) is 32.2 Å². The quantitative estimate of drug-likeness (QED) is 0.842. The number of halogens is 4. The van der Waals surface area contributed by atoms with Crippen molar-refractivity contribution >= 4 is 17.5 Å². The van der Waals surface area contributed by atoms with Crippen molar-refractivity contribution in [3.8, 4) is 5.75 Å². The van der Waals surface area contributed by atoms with Crippen molar-refractivity contribution in [1.82, 2.24) is 5.32 Å². The fourth-order valence-electron chi connectivity index (χ4n) is 1.37. The first kappa shape index (κ1) is 16.6. The van der Waals surface area contributed by atoms with Gasteiger partial charge in [-0.1, -0.05) is 6.92 Å². The highest BCUT2D eigenvalue weighted by Crippen LogP contribution is 2.23. The molecule has 0 fully saturated rings. The summed E-state index contributed by atoms with van der Waals surface area (Å²) in [4.78, 5) is 11.9. The number of carbonyl (C=O) groups excluding carboxylic acids is 1. The first-order chi connectivity index (χ1) is 9.19. The highest BCUT2D eigenvalue weighted by atomic mass is 35.5. The minimum atomic E-state index is -4.75. The van der Waals surface area contributed by atoms with Crippen LogP contribution in [-0.4, -0.2) is 23.7 Å². The van der Waals surface area contributed by atoms with Crippen molar-refractivity contribution in [2.24, 2.45) is 0 Å². The predicted octanol–water partition coefficient (Wildman–Crippen LogP) is 3.72. The summed E-state index contributed by atoms with van der Waals surface area (Å²) in [5, 5.41) is 2.74. The van der Waals surface area contributed by atoms with Crippen molar-refractivity contribution in [3.05, 3.63) is 29.8 Å². The summed E-state index contributed by atoms with van der Waals surface area (Å²) in [5.74, 6) is -0.525. The second-order valence-corrected chi connectivity index (χ2v) is 4.84. The zero-order valence-corrected chi connectivity index (χ0v) is 11.8. The smallest absolute Gasteiger partial charge is 0.406 e. The number of carbonyl (C=O) groups is 1. The normalized spacial score (nSPS) is 14.5. The van der Waals surface area contributed by atoms with E-state index in [9.17, 15) is 18.0 Å². The van der Waals surface area contributed by atoms with Crippen LogP contribution >= 0.6 is 11.6 Å². The Morgan fingerprint density at radius 1 is 1.30 bits per heavy atom. The number of alkyl halides is 4. The standard InChI is InChI=1S/C13H15ClF3NO2/c1-3-12(2,8-14)18-11(19)9-4-6-10(7-5-9)20-13(15,16)17/h4-7H,3,8H2,1-2H3,(H,18,19). The van der Waals surface area contributed by atoms with E-state index in [2.05, 4.69) is 10.1 Å². The molecule has 0 spiro atoms. The van der Waals surface area contributed by atoms with Crippen molar-refractivity contribution in [3.63, 3.8) is 0 Å². The second-order valence-electron chi connectivity index (χ2n) is 4.57. The second kappa shape index (κ2) is 6.35. The van der Waals surface area contributed by atoms with E-state index in [0.717, 1.165) is 12.1 Å². The predicted molar refractivity (Wildman–Crippen MR) is 70.0 cm³/mol. The Kier molecular flexibility index (Phi) is 5.28. The lowest BCUT2D eigenvalue weighted by Crippen LogP contribution is -2.47. The summed E-state index contributed by atoms with van der Waals surface area (Å²) in [7, 11) is 0.